The average molecular weight is 293 g/mol. The molecule has 3 heteroatoms. The largest absolute Gasteiger partial charge is 0.375 e. The maximum absolute atomic E-state index is 13.3. The van der Waals surface area contributed by atoms with E-state index in [0.29, 0.717) is 24.2 Å². The zero-order valence-electron chi connectivity index (χ0n) is 13.4. The van der Waals surface area contributed by atoms with Crippen molar-refractivity contribution in [2.24, 2.45) is 5.92 Å². The Hall–Kier alpha value is -0.930. The van der Waals surface area contributed by atoms with Crippen molar-refractivity contribution in [2.75, 3.05) is 6.54 Å². The van der Waals surface area contributed by atoms with Crippen molar-refractivity contribution in [2.45, 2.75) is 64.7 Å². The van der Waals surface area contributed by atoms with Crippen LogP contribution in [0.1, 0.15) is 45.6 Å². The molecular weight excluding hydrogens is 265 g/mol. The van der Waals surface area contributed by atoms with Crippen molar-refractivity contribution in [3.63, 3.8) is 0 Å². The van der Waals surface area contributed by atoms with E-state index in [1.807, 2.05) is 6.07 Å². The fraction of sp³-hybridized carbons (Fsp3) is 0.667. The highest BCUT2D eigenvalue weighted by atomic mass is 19.1. The Morgan fingerprint density at radius 3 is 2.76 bits per heavy atom. The summed E-state index contributed by atoms with van der Waals surface area (Å²) in [6.07, 6.45) is 5.04. The van der Waals surface area contributed by atoms with Crippen LogP contribution in [0.4, 0.5) is 4.39 Å². The summed E-state index contributed by atoms with van der Waals surface area (Å²) in [6, 6.07) is 7.45. The summed E-state index contributed by atoms with van der Waals surface area (Å²) in [6.45, 7) is 7.43. The van der Waals surface area contributed by atoms with Gasteiger partial charge in [0.05, 0.1) is 12.2 Å². The third-order valence-corrected chi connectivity index (χ3v) is 4.14. The first-order valence-electron chi connectivity index (χ1n) is 8.16. The topological polar surface area (TPSA) is 21.3 Å². The van der Waals surface area contributed by atoms with Crippen molar-refractivity contribution in [3.8, 4) is 0 Å². The maximum atomic E-state index is 13.3. The Bertz CT molecular complexity index is 435. The minimum atomic E-state index is -0.145. The van der Waals surface area contributed by atoms with Crippen LogP contribution in [0.3, 0.4) is 0 Å². The van der Waals surface area contributed by atoms with E-state index >= 15 is 0 Å². The van der Waals surface area contributed by atoms with Crippen molar-refractivity contribution < 1.29 is 9.13 Å². The molecule has 0 aliphatic carbocycles. The number of ether oxygens (including phenoxy) is 1. The van der Waals surface area contributed by atoms with E-state index in [-0.39, 0.29) is 5.82 Å². The number of rotatable bonds is 7. The first kappa shape index (κ1) is 16.4. The van der Waals surface area contributed by atoms with Gasteiger partial charge in [-0.05, 0) is 62.8 Å². The van der Waals surface area contributed by atoms with Gasteiger partial charge in [0.1, 0.15) is 5.82 Å². The molecule has 21 heavy (non-hydrogen) atoms. The van der Waals surface area contributed by atoms with Crippen LogP contribution in [-0.4, -0.2) is 24.8 Å². The van der Waals surface area contributed by atoms with Crippen molar-refractivity contribution in [1.82, 2.24) is 5.32 Å². The monoisotopic (exact) mass is 293 g/mol. The number of nitrogens with one attached hydrogen (secondary N) is 1. The minimum Gasteiger partial charge on any atom is -0.375 e. The minimum absolute atomic E-state index is 0.145. The Labute approximate surface area is 128 Å². The summed E-state index contributed by atoms with van der Waals surface area (Å²) in [5.41, 5.74) is 1.08. The predicted molar refractivity (Wildman–Crippen MR) is 84.9 cm³/mol. The SMILES string of the molecule is CC(C)NCC(Cc1cccc(F)c1)CC1CCC(C)O1. The van der Waals surface area contributed by atoms with Gasteiger partial charge < -0.3 is 10.1 Å². The summed E-state index contributed by atoms with van der Waals surface area (Å²) in [4.78, 5) is 0. The lowest BCUT2D eigenvalue weighted by Crippen LogP contribution is -2.32. The number of halogens is 1. The molecule has 2 nitrogen and oxygen atoms in total. The quantitative estimate of drug-likeness (QED) is 0.822. The van der Waals surface area contributed by atoms with Crippen molar-refractivity contribution >= 4 is 0 Å². The molecule has 0 bridgehead atoms. The van der Waals surface area contributed by atoms with Gasteiger partial charge in [0, 0.05) is 6.04 Å². The van der Waals surface area contributed by atoms with Gasteiger partial charge in [-0.2, -0.15) is 0 Å². The molecule has 0 aromatic heterocycles. The summed E-state index contributed by atoms with van der Waals surface area (Å²) in [5, 5.41) is 3.52. The Morgan fingerprint density at radius 2 is 2.14 bits per heavy atom. The van der Waals surface area contributed by atoms with Crippen LogP contribution in [0.5, 0.6) is 0 Å². The van der Waals surface area contributed by atoms with Crippen LogP contribution in [0.25, 0.3) is 0 Å². The maximum Gasteiger partial charge on any atom is 0.123 e. The molecule has 3 unspecified atom stereocenters. The van der Waals surface area contributed by atoms with E-state index in [1.165, 1.54) is 6.07 Å². The summed E-state index contributed by atoms with van der Waals surface area (Å²) >= 11 is 0. The van der Waals surface area contributed by atoms with Gasteiger partial charge in [-0.1, -0.05) is 26.0 Å². The highest BCUT2D eigenvalue weighted by Gasteiger charge is 2.25. The fourth-order valence-corrected chi connectivity index (χ4v) is 3.07. The smallest absolute Gasteiger partial charge is 0.123 e. The van der Waals surface area contributed by atoms with Crippen LogP contribution in [-0.2, 0) is 11.2 Å². The van der Waals surface area contributed by atoms with Crippen LogP contribution in [0.2, 0.25) is 0 Å². The third kappa shape index (κ3) is 5.76. The van der Waals surface area contributed by atoms with E-state index in [0.717, 1.165) is 37.8 Å². The zero-order valence-corrected chi connectivity index (χ0v) is 13.4. The van der Waals surface area contributed by atoms with Crippen LogP contribution in [0.15, 0.2) is 24.3 Å². The molecule has 0 amide bonds. The first-order valence-corrected chi connectivity index (χ1v) is 8.16. The number of hydrogen-bond donors (Lipinski definition) is 1. The van der Waals surface area contributed by atoms with Crippen molar-refractivity contribution in [1.29, 1.82) is 0 Å². The molecule has 1 aliphatic rings. The van der Waals surface area contributed by atoms with Gasteiger partial charge in [0.15, 0.2) is 0 Å². The molecule has 1 aromatic rings. The molecule has 118 valence electrons. The molecule has 0 radical (unpaired) electrons. The van der Waals surface area contributed by atoms with Gasteiger partial charge in [0.2, 0.25) is 0 Å². The van der Waals surface area contributed by atoms with Crippen molar-refractivity contribution in [3.05, 3.63) is 35.6 Å². The predicted octanol–water partition coefficient (Wildman–Crippen LogP) is 3.94. The third-order valence-electron chi connectivity index (χ3n) is 4.14. The van der Waals surface area contributed by atoms with Gasteiger partial charge in [-0.25, -0.2) is 4.39 Å². The molecule has 1 heterocycles. The van der Waals surface area contributed by atoms with Gasteiger partial charge in [0.25, 0.3) is 0 Å². The normalized spacial score (nSPS) is 23.7. The van der Waals surface area contributed by atoms with E-state index in [9.17, 15) is 4.39 Å². The molecule has 1 saturated heterocycles. The lowest BCUT2D eigenvalue weighted by atomic mass is 9.92. The zero-order chi connectivity index (χ0) is 15.2. The summed E-state index contributed by atoms with van der Waals surface area (Å²) < 4.78 is 19.3. The van der Waals surface area contributed by atoms with Gasteiger partial charge in [-0.15, -0.1) is 0 Å². The molecule has 1 aliphatic heterocycles. The van der Waals surface area contributed by atoms with E-state index < -0.39 is 0 Å². The Kier molecular flexibility index (Phi) is 6.19. The molecule has 1 N–H and O–H groups in total. The molecule has 1 aromatic carbocycles. The molecular formula is C18H28FNO. The lowest BCUT2D eigenvalue weighted by Gasteiger charge is -2.22. The second kappa shape index (κ2) is 7.90. The fourth-order valence-electron chi connectivity index (χ4n) is 3.07. The summed E-state index contributed by atoms with van der Waals surface area (Å²) in [5.74, 6) is 0.346. The molecule has 1 fully saturated rings. The van der Waals surface area contributed by atoms with Gasteiger partial charge in [-0.3, -0.25) is 0 Å². The molecule has 3 atom stereocenters. The Balaban J connectivity index is 1.94. The van der Waals surface area contributed by atoms with E-state index in [4.69, 9.17) is 4.74 Å². The van der Waals surface area contributed by atoms with E-state index in [2.05, 4.69) is 26.1 Å². The standard InChI is InChI=1S/C18H28FNO/c1-13(2)20-12-16(11-18-8-7-14(3)21-18)9-15-5-4-6-17(19)10-15/h4-6,10,13-14,16,18,20H,7-9,11-12H2,1-3H3. The van der Waals surface area contributed by atoms with Crippen LogP contribution < -0.4 is 5.32 Å². The second-order valence-corrected chi connectivity index (χ2v) is 6.64. The highest BCUT2D eigenvalue weighted by molar-refractivity contribution is 5.17. The second-order valence-electron chi connectivity index (χ2n) is 6.64. The molecule has 0 spiro atoms. The van der Waals surface area contributed by atoms with E-state index in [1.54, 1.807) is 12.1 Å². The van der Waals surface area contributed by atoms with Crippen LogP contribution >= 0.6 is 0 Å². The summed E-state index contributed by atoms with van der Waals surface area (Å²) in [7, 11) is 0. The molecule has 2 rings (SSSR count). The molecule has 0 saturated carbocycles. The lowest BCUT2D eigenvalue weighted by molar-refractivity contribution is 0.0406. The van der Waals surface area contributed by atoms with Gasteiger partial charge >= 0.3 is 0 Å². The Morgan fingerprint density at radius 1 is 1.33 bits per heavy atom. The highest BCUT2D eigenvalue weighted by Crippen LogP contribution is 2.26. The number of benzene rings is 1. The number of hydrogen-bond acceptors (Lipinski definition) is 2. The van der Waals surface area contributed by atoms with Crippen LogP contribution in [0, 0.1) is 11.7 Å². The average Bonchev–Trinajstić information content (AvgIpc) is 2.81. The first-order chi connectivity index (χ1) is 10.0.